The van der Waals surface area contributed by atoms with Gasteiger partial charge in [0.05, 0.1) is 6.10 Å². The SMILES string of the molecule is C=CCCC[C@H]1CC(=O)C=C2CC[C@H]3[C@@H]4CC[C@H](O)[C@@]4(C)CC[C@@H]3[C@]21C. The second-order valence-electron chi connectivity index (χ2n) is 10.1. The summed E-state index contributed by atoms with van der Waals surface area (Å²) in [7, 11) is 0. The predicted octanol–water partition coefficient (Wildman–Crippen LogP) is 5.46. The fraction of sp³-hybridized carbons (Fsp3) is 0.792. The molecule has 4 rings (SSSR count). The lowest BCUT2D eigenvalue weighted by atomic mass is 9.45. The lowest BCUT2D eigenvalue weighted by Crippen LogP contribution is -2.53. The molecule has 0 aromatic carbocycles. The quantitative estimate of drug-likeness (QED) is 0.536. The predicted molar refractivity (Wildman–Crippen MR) is 106 cm³/mol. The van der Waals surface area contributed by atoms with Gasteiger partial charge >= 0.3 is 0 Å². The fourth-order valence-electron chi connectivity index (χ4n) is 7.65. The molecule has 0 saturated heterocycles. The first kappa shape index (κ1) is 18.5. The Morgan fingerprint density at radius 3 is 2.81 bits per heavy atom. The number of aliphatic hydroxyl groups is 1. The highest BCUT2D eigenvalue weighted by Gasteiger charge is 2.60. The first-order valence-corrected chi connectivity index (χ1v) is 10.9. The van der Waals surface area contributed by atoms with Gasteiger partial charge in [-0.05, 0) is 98.4 Å². The highest BCUT2D eigenvalue weighted by atomic mass is 16.3. The molecule has 3 fully saturated rings. The molecule has 0 heterocycles. The molecule has 7 atom stereocenters. The van der Waals surface area contributed by atoms with Crippen LogP contribution in [0.4, 0.5) is 0 Å². The van der Waals surface area contributed by atoms with Gasteiger partial charge in [0.1, 0.15) is 0 Å². The van der Waals surface area contributed by atoms with Crippen molar-refractivity contribution in [1.82, 2.24) is 0 Å². The van der Waals surface area contributed by atoms with Crippen LogP contribution in [0.25, 0.3) is 0 Å². The highest BCUT2D eigenvalue weighted by Crippen LogP contribution is 2.66. The number of ketones is 1. The maximum atomic E-state index is 12.4. The van der Waals surface area contributed by atoms with Gasteiger partial charge < -0.3 is 5.11 Å². The Labute approximate surface area is 159 Å². The zero-order valence-corrected chi connectivity index (χ0v) is 16.7. The lowest BCUT2D eigenvalue weighted by molar-refractivity contribution is -0.122. The van der Waals surface area contributed by atoms with E-state index in [0.29, 0.717) is 23.5 Å². The summed E-state index contributed by atoms with van der Waals surface area (Å²) in [5, 5.41) is 10.6. The van der Waals surface area contributed by atoms with E-state index in [4.69, 9.17) is 0 Å². The maximum Gasteiger partial charge on any atom is 0.155 e. The molecule has 4 aliphatic rings. The summed E-state index contributed by atoms with van der Waals surface area (Å²) in [5.74, 6) is 2.98. The third-order valence-corrected chi connectivity index (χ3v) is 9.19. The van der Waals surface area contributed by atoms with Crippen molar-refractivity contribution in [3.8, 4) is 0 Å². The second kappa shape index (κ2) is 6.62. The van der Waals surface area contributed by atoms with Crippen molar-refractivity contribution in [2.24, 2.45) is 34.5 Å². The second-order valence-corrected chi connectivity index (χ2v) is 10.1. The van der Waals surface area contributed by atoms with Crippen LogP contribution >= 0.6 is 0 Å². The number of carbonyl (C=O) groups excluding carboxylic acids is 1. The third-order valence-electron chi connectivity index (χ3n) is 9.19. The van der Waals surface area contributed by atoms with Gasteiger partial charge in [-0.3, -0.25) is 4.79 Å². The van der Waals surface area contributed by atoms with E-state index in [1.54, 1.807) is 0 Å². The first-order chi connectivity index (χ1) is 12.4. The molecule has 0 spiro atoms. The van der Waals surface area contributed by atoms with Crippen LogP contribution in [0.5, 0.6) is 0 Å². The van der Waals surface area contributed by atoms with Gasteiger partial charge in [0.15, 0.2) is 5.78 Å². The van der Waals surface area contributed by atoms with Crippen molar-refractivity contribution in [2.75, 3.05) is 0 Å². The van der Waals surface area contributed by atoms with Gasteiger partial charge in [0.25, 0.3) is 0 Å². The molecule has 2 nitrogen and oxygen atoms in total. The van der Waals surface area contributed by atoms with Crippen LogP contribution in [-0.2, 0) is 4.79 Å². The average Bonchev–Trinajstić information content (AvgIpc) is 2.91. The number of aliphatic hydroxyl groups excluding tert-OH is 1. The lowest BCUT2D eigenvalue weighted by Gasteiger charge is -2.60. The van der Waals surface area contributed by atoms with Gasteiger partial charge in [-0.2, -0.15) is 0 Å². The molecule has 0 unspecified atom stereocenters. The van der Waals surface area contributed by atoms with Crippen molar-refractivity contribution in [3.63, 3.8) is 0 Å². The summed E-state index contributed by atoms with van der Waals surface area (Å²) in [6.45, 7) is 8.72. The Morgan fingerprint density at radius 1 is 1.23 bits per heavy atom. The van der Waals surface area contributed by atoms with E-state index in [9.17, 15) is 9.90 Å². The Morgan fingerprint density at radius 2 is 2.04 bits per heavy atom. The number of fused-ring (bicyclic) bond motifs is 5. The largest absolute Gasteiger partial charge is 0.393 e. The smallest absolute Gasteiger partial charge is 0.155 e. The van der Waals surface area contributed by atoms with Crippen molar-refractivity contribution in [2.45, 2.75) is 84.2 Å². The Kier molecular flexibility index (Phi) is 4.70. The highest BCUT2D eigenvalue weighted by molar-refractivity contribution is 5.92. The van der Waals surface area contributed by atoms with Crippen LogP contribution in [0.3, 0.4) is 0 Å². The summed E-state index contributed by atoms with van der Waals surface area (Å²) in [6, 6.07) is 0. The summed E-state index contributed by atoms with van der Waals surface area (Å²) in [4.78, 5) is 12.4. The monoisotopic (exact) mass is 356 g/mol. The number of carbonyl (C=O) groups is 1. The van der Waals surface area contributed by atoms with Crippen LogP contribution in [0.15, 0.2) is 24.3 Å². The van der Waals surface area contributed by atoms with E-state index in [1.807, 2.05) is 12.2 Å². The number of hydrogen-bond acceptors (Lipinski definition) is 2. The zero-order chi connectivity index (χ0) is 18.5. The molecule has 26 heavy (non-hydrogen) atoms. The minimum atomic E-state index is -0.102. The molecule has 3 saturated carbocycles. The third kappa shape index (κ3) is 2.58. The van der Waals surface area contributed by atoms with E-state index in [-0.39, 0.29) is 16.9 Å². The molecule has 144 valence electrons. The Balaban J connectivity index is 1.65. The number of unbranched alkanes of at least 4 members (excludes halogenated alkanes) is 1. The number of allylic oxidation sites excluding steroid dienone is 2. The molecule has 0 aromatic rings. The number of hydrogen-bond donors (Lipinski definition) is 1. The fourth-order valence-corrected chi connectivity index (χ4v) is 7.65. The van der Waals surface area contributed by atoms with Gasteiger partial charge in [0, 0.05) is 6.42 Å². The molecule has 0 amide bonds. The molecule has 4 aliphatic carbocycles. The standard InChI is InChI=1S/C24H36O2/c1-4-5-6-7-16-14-18(25)15-17-8-9-19-20-10-11-22(26)23(20,2)13-12-21(19)24(16,17)3/h4,15-16,19-22,26H,1,5-14H2,2-3H3/t16-,19-,20-,21-,22-,23-,24-/m0/s1. The molecule has 1 N–H and O–H groups in total. The van der Waals surface area contributed by atoms with Gasteiger partial charge in [-0.15, -0.1) is 6.58 Å². The summed E-state index contributed by atoms with van der Waals surface area (Å²) >= 11 is 0. The van der Waals surface area contributed by atoms with E-state index < -0.39 is 0 Å². The summed E-state index contributed by atoms with van der Waals surface area (Å²) in [6.07, 6.45) is 15.0. The normalized spacial score (nSPS) is 47.6. The maximum absolute atomic E-state index is 12.4. The first-order valence-electron chi connectivity index (χ1n) is 10.9. The molecule has 2 heteroatoms. The topological polar surface area (TPSA) is 37.3 Å². The van der Waals surface area contributed by atoms with Crippen LogP contribution in [0.2, 0.25) is 0 Å². The van der Waals surface area contributed by atoms with Crippen LogP contribution < -0.4 is 0 Å². The molecule has 0 aromatic heterocycles. The minimum absolute atomic E-state index is 0.102. The Bertz CT molecular complexity index is 620. The van der Waals surface area contributed by atoms with Crippen molar-refractivity contribution >= 4 is 5.78 Å². The number of rotatable bonds is 4. The van der Waals surface area contributed by atoms with E-state index >= 15 is 0 Å². The summed E-state index contributed by atoms with van der Waals surface area (Å²) < 4.78 is 0. The molecular formula is C24H36O2. The van der Waals surface area contributed by atoms with Crippen molar-refractivity contribution in [3.05, 3.63) is 24.3 Å². The van der Waals surface area contributed by atoms with Gasteiger partial charge in [-0.1, -0.05) is 25.5 Å². The van der Waals surface area contributed by atoms with E-state index in [0.717, 1.165) is 50.9 Å². The van der Waals surface area contributed by atoms with E-state index in [1.165, 1.54) is 24.8 Å². The molecular weight excluding hydrogens is 320 g/mol. The van der Waals surface area contributed by atoms with Gasteiger partial charge in [-0.25, -0.2) is 0 Å². The van der Waals surface area contributed by atoms with E-state index in [2.05, 4.69) is 20.4 Å². The van der Waals surface area contributed by atoms with Crippen molar-refractivity contribution in [1.29, 1.82) is 0 Å². The Hall–Kier alpha value is -0.890. The van der Waals surface area contributed by atoms with Crippen LogP contribution in [0, 0.1) is 34.5 Å². The minimum Gasteiger partial charge on any atom is -0.393 e. The average molecular weight is 357 g/mol. The zero-order valence-electron chi connectivity index (χ0n) is 16.7. The van der Waals surface area contributed by atoms with Crippen molar-refractivity contribution < 1.29 is 9.90 Å². The van der Waals surface area contributed by atoms with Crippen LogP contribution in [-0.4, -0.2) is 17.0 Å². The van der Waals surface area contributed by atoms with Crippen LogP contribution in [0.1, 0.15) is 78.1 Å². The molecule has 0 radical (unpaired) electrons. The molecule has 0 bridgehead atoms. The molecule has 0 aliphatic heterocycles. The van der Waals surface area contributed by atoms with Gasteiger partial charge in [0.2, 0.25) is 0 Å². The summed E-state index contributed by atoms with van der Waals surface area (Å²) in [5.41, 5.74) is 1.80.